The minimum Gasteiger partial charge on any atom is -0.392 e. The second kappa shape index (κ2) is 7.64. The third kappa shape index (κ3) is 3.97. The molecule has 11 heteroatoms. The number of thioether (sulfide) groups is 1. The number of imidazole rings is 1. The molecule has 0 atom stereocenters. The summed E-state index contributed by atoms with van der Waals surface area (Å²) in [5.41, 5.74) is -0.792. The van der Waals surface area contributed by atoms with E-state index >= 15 is 0 Å². The summed E-state index contributed by atoms with van der Waals surface area (Å²) < 4.78 is 42.8. The Hall–Kier alpha value is -2.37. The second-order valence-electron chi connectivity index (χ2n) is 7.90. The van der Waals surface area contributed by atoms with E-state index < -0.39 is 17.5 Å². The molecule has 0 spiro atoms. The molecule has 0 fully saturated rings. The van der Waals surface area contributed by atoms with Gasteiger partial charge in [-0.15, -0.1) is 11.8 Å². The van der Waals surface area contributed by atoms with Gasteiger partial charge in [-0.2, -0.15) is 13.2 Å². The lowest BCUT2D eigenvalue weighted by Crippen LogP contribution is -2.36. The molecule has 1 aromatic carbocycles. The van der Waals surface area contributed by atoms with E-state index in [0.717, 1.165) is 27.7 Å². The number of alkyl halides is 3. The van der Waals surface area contributed by atoms with Crippen LogP contribution in [0.3, 0.4) is 0 Å². The van der Waals surface area contributed by atoms with Crippen molar-refractivity contribution in [3.05, 3.63) is 41.0 Å². The first-order valence-electron chi connectivity index (χ1n) is 9.62. The van der Waals surface area contributed by atoms with E-state index in [1.807, 2.05) is 23.0 Å². The van der Waals surface area contributed by atoms with E-state index in [9.17, 15) is 23.4 Å². The van der Waals surface area contributed by atoms with Gasteiger partial charge in [0.2, 0.25) is 5.95 Å². The number of hydrogen-bond donors (Lipinski definition) is 2. The van der Waals surface area contributed by atoms with Crippen LogP contribution in [0.4, 0.5) is 19.1 Å². The van der Waals surface area contributed by atoms with Crippen molar-refractivity contribution in [2.45, 2.75) is 50.2 Å². The minimum atomic E-state index is -4.72. The first-order chi connectivity index (χ1) is 14.5. The molecular formula is C20H22F3N5O2S. The molecule has 4 rings (SSSR count). The minimum absolute atomic E-state index is 0.0560. The highest BCUT2D eigenvalue weighted by Gasteiger charge is 2.40. The van der Waals surface area contributed by atoms with E-state index in [-0.39, 0.29) is 24.7 Å². The quantitative estimate of drug-likeness (QED) is 0.586. The number of rotatable bonds is 4. The summed E-state index contributed by atoms with van der Waals surface area (Å²) in [5, 5.41) is 19.7. The maximum Gasteiger partial charge on any atom is 0.433 e. The van der Waals surface area contributed by atoms with Crippen LogP contribution in [0.2, 0.25) is 0 Å². The number of nitrogens with zero attached hydrogens (tertiary/aromatic N) is 5. The Balaban J connectivity index is 1.72. The SMILES string of the molecule is CSc1cc2c(cc1CO)nc1n2CCN(c2ncc(C(C)(C)O)c(C(F)(F)F)n2)C1. The molecule has 0 bridgehead atoms. The monoisotopic (exact) mass is 453 g/mol. The molecule has 0 unspecified atom stereocenters. The summed E-state index contributed by atoms with van der Waals surface area (Å²) in [6.45, 7) is 3.61. The van der Waals surface area contributed by atoms with Crippen LogP contribution in [0.25, 0.3) is 11.0 Å². The molecule has 0 aliphatic carbocycles. The summed E-state index contributed by atoms with van der Waals surface area (Å²) in [5.74, 6) is 0.631. The first-order valence-corrected chi connectivity index (χ1v) is 10.8. The third-order valence-corrected chi connectivity index (χ3v) is 6.13. The maximum absolute atomic E-state index is 13.6. The van der Waals surface area contributed by atoms with Gasteiger partial charge in [0.15, 0.2) is 5.69 Å². The molecule has 2 N–H and O–H groups in total. The third-order valence-electron chi connectivity index (χ3n) is 5.31. The summed E-state index contributed by atoms with van der Waals surface area (Å²) in [4.78, 5) is 15.1. The van der Waals surface area contributed by atoms with E-state index in [1.165, 1.54) is 25.6 Å². The fraction of sp³-hybridized carbons (Fsp3) is 0.450. The summed E-state index contributed by atoms with van der Waals surface area (Å²) >= 11 is 1.53. The van der Waals surface area contributed by atoms with Crippen molar-refractivity contribution in [2.75, 3.05) is 17.7 Å². The van der Waals surface area contributed by atoms with Gasteiger partial charge >= 0.3 is 6.18 Å². The van der Waals surface area contributed by atoms with Crippen molar-refractivity contribution >= 4 is 28.7 Å². The van der Waals surface area contributed by atoms with Crippen LogP contribution in [-0.2, 0) is 31.5 Å². The topological polar surface area (TPSA) is 87.3 Å². The Labute approximate surface area is 180 Å². The standard InChI is InChI=1S/C20H22F3N5O2S/c1-19(2,30)12-8-24-18(26-17(12)20(21,22)23)27-4-5-28-14-7-15(31-3)11(10-29)6-13(14)25-16(28)9-27/h6-8,29-30H,4-5,9-10H2,1-3H3. The van der Waals surface area contributed by atoms with Crippen molar-refractivity contribution < 1.29 is 23.4 Å². The largest absolute Gasteiger partial charge is 0.433 e. The molecule has 0 amide bonds. The fourth-order valence-corrected chi connectivity index (χ4v) is 4.37. The number of aromatic nitrogens is 4. The average Bonchev–Trinajstić information content (AvgIpc) is 3.07. The lowest BCUT2D eigenvalue weighted by Gasteiger charge is -2.29. The van der Waals surface area contributed by atoms with Crippen LogP contribution < -0.4 is 4.90 Å². The molecule has 31 heavy (non-hydrogen) atoms. The Morgan fingerprint density at radius 2 is 1.90 bits per heavy atom. The molecule has 166 valence electrons. The van der Waals surface area contributed by atoms with Crippen LogP contribution in [0, 0.1) is 0 Å². The van der Waals surface area contributed by atoms with Gasteiger partial charge in [-0.1, -0.05) is 0 Å². The maximum atomic E-state index is 13.6. The van der Waals surface area contributed by atoms with E-state index in [0.29, 0.717) is 18.9 Å². The highest BCUT2D eigenvalue weighted by molar-refractivity contribution is 7.98. The molecule has 7 nitrogen and oxygen atoms in total. The van der Waals surface area contributed by atoms with Gasteiger partial charge in [-0.25, -0.2) is 15.0 Å². The number of halogens is 3. The molecule has 2 aromatic heterocycles. The molecule has 0 saturated heterocycles. The molecule has 0 saturated carbocycles. The van der Waals surface area contributed by atoms with Crippen LogP contribution >= 0.6 is 11.8 Å². The number of anilines is 1. The second-order valence-corrected chi connectivity index (χ2v) is 8.75. The van der Waals surface area contributed by atoms with E-state index in [4.69, 9.17) is 0 Å². The Bertz CT molecular complexity index is 1140. The van der Waals surface area contributed by atoms with Gasteiger partial charge in [-0.05, 0) is 37.8 Å². The van der Waals surface area contributed by atoms with Gasteiger partial charge < -0.3 is 19.7 Å². The van der Waals surface area contributed by atoms with Gasteiger partial charge in [0.25, 0.3) is 0 Å². The predicted octanol–water partition coefficient (Wildman–Crippen LogP) is 3.31. The number of fused-ring (bicyclic) bond motifs is 3. The van der Waals surface area contributed by atoms with Crippen LogP contribution in [-0.4, -0.2) is 42.5 Å². The highest BCUT2D eigenvalue weighted by atomic mass is 32.2. The molecule has 0 radical (unpaired) electrons. The van der Waals surface area contributed by atoms with Crippen molar-refractivity contribution in [3.8, 4) is 0 Å². The van der Waals surface area contributed by atoms with Crippen LogP contribution in [0.15, 0.2) is 23.2 Å². The highest BCUT2D eigenvalue weighted by Crippen LogP contribution is 2.36. The molecule has 1 aliphatic rings. The lowest BCUT2D eigenvalue weighted by atomic mass is 9.98. The first kappa shape index (κ1) is 21.8. The number of aliphatic hydroxyl groups excluding tert-OH is 1. The smallest absolute Gasteiger partial charge is 0.392 e. The van der Waals surface area contributed by atoms with Crippen molar-refractivity contribution in [1.29, 1.82) is 0 Å². The Morgan fingerprint density at radius 3 is 2.52 bits per heavy atom. The number of benzene rings is 1. The van der Waals surface area contributed by atoms with Crippen molar-refractivity contribution in [3.63, 3.8) is 0 Å². The van der Waals surface area contributed by atoms with Crippen LogP contribution in [0.5, 0.6) is 0 Å². The Kier molecular flexibility index (Phi) is 5.39. The average molecular weight is 453 g/mol. The fourth-order valence-electron chi connectivity index (χ4n) is 3.76. The van der Waals surface area contributed by atoms with Gasteiger partial charge in [-0.3, -0.25) is 0 Å². The van der Waals surface area contributed by atoms with E-state index in [2.05, 4.69) is 15.0 Å². The molecular weight excluding hydrogens is 431 g/mol. The van der Waals surface area contributed by atoms with Gasteiger partial charge in [0, 0.05) is 29.7 Å². The van der Waals surface area contributed by atoms with Crippen molar-refractivity contribution in [1.82, 2.24) is 19.5 Å². The molecule has 1 aliphatic heterocycles. The summed E-state index contributed by atoms with van der Waals surface area (Å²) in [7, 11) is 0. The lowest BCUT2D eigenvalue weighted by molar-refractivity contribution is -0.144. The zero-order valence-electron chi connectivity index (χ0n) is 17.2. The zero-order chi connectivity index (χ0) is 22.6. The zero-order valence-corrected chi connectivity index (χ0v) is 18.0. The number of hydrogen-bond acceptors (Lipinski definition) is 7. The van der Waals surface area contributed by atoms with Gasteiger partial charge in [0.1, 0.15) is 5.82 Å². The van der Waals surface area contributed by atoms with Gasteiger partial charge in [0.05, 0.1) is 29.8 Å². The summed E-state index contributed by atoms with van der Waals surface area (Å²) in [6.07, 6.45) is -1.74. The van der Waals surface area contributed by atoms with Crippen molar-refractivity contribution in [2.24, 2.45) is 0 Å². The predicted molar refractivity (Wildman–Crippen MR) is 111 cm³/mol. The summed E-state index contributed by atoms with van der Waals surface area (Å²) in [6, 6.07) is 3.82. The molecule has 3 aromatic rings. The molecule has 3 heterocycles. The number of aliphatic hydroxyl groups is 2. The van der Waals surface area contributed by atoms with E-state index in [1.54, 1.807) is 4.90 Å². The van der Waals surface area contributed by atoms with Crippen LogP contribution in [0.1, 0.15) is 36.5 Å². The normalized spacial score (nSPS) is 14.9. The Morgan fingerprint density at radius 1 is 1.16 bits per heavy atom.